The Balaban J connectivity index is 2.01. The number of ether oxygens (including phenoxy) is 2. The topological polar surface area (TPSA) is 76.8 Å². The van der Waals surface area contributed by atoms with Gasteiger partial charge in [-0.3, -0.25) is 4.90 Å². The lowest BCUT2D eigenvalue weighted by Crippen LogP contribution is -2.46. The minimum absolute atomic E-state index is 0.224. The summed E-state index contributed by atoms with van der Waals surface area (Å²) in [5.74, 6) is 0. The molecule has 1 unspecified atom stereocenters. The standard InChI is InChI=1S/C10H21N3O3/c1-2-13-4-6-15-9(8-13)7-12-3-5-16-10(11)14/h9,12H,2-8H2,1H3,(H2,11,14). The molecule has 1 fully saturated rings. The third kappa shape index (κ3) is 5.29. The molecule has 3 N–H and O–H groups in total. The van der Waals surface area contributed by atoms with Gasteiger partial charge in [0.2, 0.25) is 0 Å². The molecular formula is C10H21N3O3. The number of likely N-dealkylation sites (N-methyl/N-ethyl adjacent to an activating group) is 1. The molecule has 0 aromatic rings. The minimum Gasteiger partial charge on any atom is -0.448 e. The maximum absolute atomic E-state index is 10.3. The van der Waals surface area contributed by atoms with Crippen LogP contribution in [0.1, 0.15) is 6.92 Å². The van der Waals surface area contributed by atoms with Crippen molar-refractivity contribution in [2.45, 2.75) is 13.0 Å². The Morgan fingerprint density at radius 2 is 2.50 bits per heavy atom. The van der Waals surface area contributed by atoms with Crippen LogP contribution < -0.4 is 11.1 Å². The van der Waals surface area contributed by atoms with Gasteiger partial charge in [0.05, 0.1) is 12.7 Å². The molecule has 0 aromatic heterocycles. The second-order valence-electron chi connectivity index (χ2n) is 3.76. The SMILES string of the molecule is CCN1CCOC(CNCCOC(N)=O)C1. The summed E-state index contributed by atoms with van der Waals surface area (Å²) >= 11 is 0. The molecule has 1 aliphatic rings. The second-order valence-corrected chi connectivity index (χ2v) is 3.76. The van der Waals surface area contributed by atoms with Crippen molar-refractivity contribution in [3.63, 3.8) is 0 Å². The Morgan fingerprint density at radius 1 is 1.69 bits per heavy atom. The number of amides is 1. The van der Waals surface area contributed by atoms with Crippen molar-refractivity contribution in [2.24, 2.45) is 5.73 Å². The predicted octanol–water partition coefficient (Wildman–Crippen LogP) is -0.608. The highest BCUT2D eigenvalue weighted by Crippen LogP contribution is 2.03. The van der Waals surface area contributed by atoms with Gasteiger partial charge in [-0.1, -0.05) is 6.92 Å². The summed E-state index contributed by atoms with van der Waals surface area (Å²) in [6.45, 7) is 7.66. The molecule has 1 aliphatic heterocycles. The number of nitrogens with zero attached hydrogens (tertiary/aromatic N) is 1. The molecule has 1 heterocycles. The molecule has 6 nitrogen and oxygen atoms in total. The quantitative estimate of drug-likeness (QED) is 0.596. The molecule has 1 saturated heterocycles. The van der Waals surface area contributed by atoms with Gasteiger partial charge < -0.3 is 20.5 Å². The lowest BCUT2D eigenvalue weighted by Gasteiger charge is -2.32. The lowest BCUT2D eigenvalue weighted by molar-refractivity contribution is -0.0254. The van der Waals surface area contributed by atoms with Crippen molar-refractivity contribution in [1.82, 2.24) is 10.2 Å². The Kier molecular flexibility index (Phi) is 6.14. The fourth-order valence-corrected chi connectivity index (χ4v) is 1.68. The molecule has 0 aromatic carbocycles. The van der Waals surface area contributed by atoms with Crippen molar-refractivity contribution in [2.75, 3.05) is 45.9 Å². The largest absolute Gasteiger partial charge is 0.448 e. The van der Waals surface area contributed by atoms with Crippen LogP contribution in [0.25, 0.3) is 0 Å². The number of rotatable bonds is 6. The van der Waals surface area contributed by atoms with Crippen LogP contribution in [0.15, 0.2) is 0 Å². The molecule has 1 atom stereocenters. The highest BCUT2D eigenvalue weighted by molar-refractivity contribution is 5.64. The molecule has 16 heavy (non-hydrogen) atoms. The van der Waals surface area contributed by atoms with Gasteiger partial charge in [0, 0.05) is 26.2 Å². The third-order valence-corrected chi connectivity index (χ3v) is 2.57. The molecule has 0 bridgehead atoms. The van der Waals surface area contributed by atoms with Crippen molar-refractivity contribution in [3.8, 4) is 0 Å². The van der Waals surface area contributed by atoms with Crippen molar-refractivity contribution in [3.05, 3.63) is 0 Å². The maximum Gasteiger partial charge on any atom is 0.404 e. The first kappa shape index (κ1) is 13.2. The van der Waals surface area contributed by atoms with Crippen molar-refractivity contribution >= 4 is 6.09 Å². The number of hydrogen-bond acceptors (Lipinski definition) is 5. The number of nitrogens with two attached hydrogens (primary N) is 1. The van der Waals surface area contributed by atoms with Gasteiger partial charge in [-0.05, 0) is 6.54 Å². The number of morpholine rings is 1. The molecule has 0 spiro atoms. The van der Waals surface area contributed by atoms with E-state index < -0.39 is 6.09 Å². The van der Waals surface area contributed by atoms with Crippen LogP contribution >= 0.6 is 0 Å². The number of hydrogen-bond donors (Lipinski definition) is 2. The first-order valence-electron chi connectivity index (χ1n) is 5.69. The zero-order chi connectivity index (χ0) is 11.8. The van der Waals surface area contributed by atoms with Gasteiger partial charge >= 0.3 is 6.09 Å². The zero-order valence-corrected chi connectivity index (χ0v) is 9.78. The van der Waals surface area contributed by atoms with Crippen molar-refractivity contribution < 1.29 is 14.3 Å². The summed E-state index contributed by atoms with van der Waals surface area (Å²) in [5.41, 5.74) is 4.83. The summed E-state index contributed by atoms with van der Waals surface area (Å²) in [4.78, 5) is 12.6. The van der Waals surface area contributed by atoms with E-state index in [9.17, 15) is 4.79 Å². The molecule has 1 amide bonds. The fourth-order valence-electron chi connectivity index (χ4n) is 1.68. The highest BCUT2D eigenvalue weighted by Gasteiger charge is 2.18. The number of nitrogens with one attached hydrogen (secondary N) is 1. The van der Waals surface area contributed by atoms with Gasteiger partial charge in [0.25, 0.3) is 0 Å². The van der Waals surface area contributed by atoms with Gasteiger partial charge in [0.15, 0.2) is 0 Å². The third-order valence-electron chi connectivity index (χ3n) is 2.57. The summed E-state index contributed by atoms with van der Waals surface area (Å²) in [6, 6.07) is 0. The fraction of sp³-hybridized carbons (Fsp3) is 0.900. The first-order chi connectivity index (χ1) is 7.72. The summed E-state index contributed by atoms with van der Waals surface area (Å²) in [7, 11) is 0. The van der Waals surface area contributed by atoms with Crippen LogP contribution in [0.3, 0.4) is 0 Å². The molecule has 6 heteroatoms. The normalized spacial score (nSPS) is 21.9. The van der Waals surface area contributed by atoms with E-state index in [2.05, 4.69) is 21.9 Å². The van der Waals surface area contributed by atoms with Crippen LogP contribution in [0.2, 0.25) is 0 Å². The van der Waals surface area contributed by atoms with Crippen LogP contribution in [0.4, 0.5) is 4.79 Å². The van der Waals surface area contributed by atoms with E-state index in [0.717, 1.165) is 32.8 Å². The molecule has 0 radical (unpaired) electrons. The van der Waals surface area contributed by atoms with E-state index in [-0.39, 0.29) is 6.10 Å². The maximum atomic E-state index is 10.3. The van der Waals surface area contributed by atoms with E-state index in [0.29, 0.717) is 13.2 Å². The second kappa shape index (κ2) is 7.43. The average Bonchev–Trinajstić information content (AvgIpc) is 2.28. The minimum atomic E-state index is -0.729. The van der Waals surface area contributed by atoms with Crippen LogP contribution in [-0.2, 0) is 9.47 Å². The molecule has 0 saturated carbocycles. The average molecular weight is 231 g/mol. The van der Waals surface area contributed by atoms with E-state index in [1.165, 1.54) is 0 Å². The lowest BCUT2D eigenvalue weighted by atomic mass is 10.2. The summed E-state index contributed by atoms with van der Waals surface area (Å²) in [5, 5.41) is 3.17. The van der Waals surface area contributed by atoms with E-state index in [4.69, 9.17) is 10.5 Å². The highest BCUT2D eigenvalue weighted by atomic mass is 16.5. The van der Waals surface area contributed by atoms with Gasteiger partial charge in [-0.2, -0.15) is 0 Å². The first-order valence-corrected chi connectivity index (χ1v) is 5.69. The number of carbonyl (C=O) groups is 1. The zero-order valence-electron chi connectivity index (χ0n) is 9.78. The Labute approximate surface area is 96.1 Å². The number of carbonyl (C=O) groups excluding carboxylic acids is 1. The van der Waals surface area contributed by atoms with Gasteiger partial charge in [0.1, 0.15) is 6.61 Å². The van der Waals surface area contributed by atoms with E-state index in [1.807, 2.05) is 0 Å². The number of primary amides is 1. The smallest absolute Gasteiger partial charge is 0.404 e. The summed E-state index contributed by atoms with van der Waals surface area (Å²) < 4.78 is 10.2. The Morgan fingerprint density at radius 3 is 3.19 bits per heavy atom. The Bertz CT molecular complexity index is 213. The Hall–Kier alpha value is -0.850. The van der Waals surface area contributed by atoms with Crippen LogP contribution in [-0.4, -0.2) is 63.0 Å². The van der Waals surface area contributed by atoms with E-state index >= 15 is 0 Å². The van der Waals surface area contributed by atoms with Gasteiger partial charge in [-0.25, -0.2) is 4.79 Å². The van der Waals surface area contributed by atoms with Crippen molar-refractivity contribution in [1.29, 1.82) is 0 Å². The molecule has 94 valence electrons. The van der Waals surface area contributed by atoms with E-state index in [1.54, 1.807) is 0 Å². The predicted molar refractivity (Wildman–Crippen MR) is 60.3 cm³/mol. The van der Waals surface area contributed by atoms with Gasteiger partial charge in [-0.15, -0.1) is 0 Å². The summed E-state index contributed by atoms with van der Waals surface area (Å²) in [6.07, 6.45) is -0.504. The molecule has 1 rings (SSSR count). The van der Waals surface area contributed by atoms with Crippen LogP contribution in [0, 0.1) is 0 Å². The van der Waals surface area contributed by atoms with Crippen LogP contribution in [0.5, 0.6) is 0 Å². The monoisotopic (exact) mass is 231 g/mol. The molecule has 0 aliphatic carbocycles. The molecular weight excluding hydrogens is 210 g/mol.